The fourth-order valence-corrected chi connectivity index (χ4v) is 9.53. The Morgan fingerprint density at radius 3 is 1.21 bits per heavy atom. The maximum atomic E-state index is 5.27. The Labute approximate surface area is 334 Å². The van der Waals surface area contributed by atoms with Crippen molar-refractivity contribution in [3.8, 4) is 45.0 Å². The summed E-state index contributed by atoms with van der Waals surface area (Å²) >= 11 is 0. The highest BCUT2D eigenvalue weighted by Gasteiger charge is 2.19. The van der Waals surface area contributed by atoms with Crippen molar-refractivity contribution in [1.29, 1.82) is 0 Å². The SMILES string of the molecule is Cn1c(-c2ccc(-c3ccc4c(-c5ccc(-c6nc7c8ccccc8c8ccccc8c7n6C)cc5)cccc4c3)cc2)nc2c3ccccc3c3ccccc3c21. The molecule has 10 aromatic carbocycles. The summed E-state index contributed by atoms with van der Waals surface area (Å²) in [6.45, 7) is 0. The largest absolute Gasteiger partial charge is 0.327 e. The van der Waals surface area contributed by atoms with Crippen LogP contribution in [0.2, 0.25) is 0 Å². The molecule has 0 unspecified atom stereocenters. The normalized spacial score (nSPS) is 12.0. The predicted octanol–water partition coefficient (Wildman–Crippen LogP) is 13.9. The lowest BCUT2D eigenvalue weighted by atomic mass is 9.94. The molecule has 2 aromatic heterocycles. The van der Waals surface area contributed by atoms with Crippen LogP contribution in [0.25, 0.3) is 121 Å². The molecule has 2 heterocycles. The quantitative estimate of drug-likeness (QED) is 0.168. The zero-order valence-corrected chi connectivity index (χ0v) is 32.1. The molecule has 0 spiro atoms. The van der Waals surface area contributed by atoms with Crippen LogP contribution in [0.15, 0.2) is 182 Å². The third-order valence-electron chi connectivity index (χ3n) is 12.3. The van der Waals surface area contributed by atoms with Gasteiger partial charge < -0.3 is 9.13 Å². The van der Waals surface area contributed by atoms with E-state index in [0.717, 1.165) is 33.8 Å². The van der Waals surface area contributed by atoms with Crippen LogP contribution >= 0.6 is 0 Å². The van der Waals surface area contributed by atoms with E-state index in [2.05, 4.69) is 205 Å². The highest BCUT2D eigenvalue weighted by Crippen LogP contribution is 2.40. The molecule has 0 aliphatic rings. The smallest absolute Gasteiger partial charge is 0.140 e. The topological polar surface area (TPSA) is 35.6 Å². The predicted molar refractivity (Wildman–Crippen MR) is 244 cm³/mol. The lowest BCUT2D eigenvalue weighted by molar-refractivity contribution is 0.962. The van der Waals surface area contributed by atoms with Crippen LogP contribution in [0, 0.1) is 0 Å². The fourth-order valence-electron chi connectivity index (χ4n) is 9.53. The number of benzene rings is 10. The molecular formula is C54H36N4. The fraction of sp³-hybridized carbons (Fsp3) is 0.0370. The minimum atomic E-state index is 0.967. The van der Waals surface area contributed by atoms with E-state index in [-0.39, 0.29) is 0 Å². The van der Waals surface area contributed by atoms with Gasteiger partial charge in [-0.05, 0) is 60.6 Å². The zero-order chi connectivity index (χ0) is 38.5. The van der Waals surface area contributed by atoms with Gasteiger partial charge in [-0.3, -0.25) is 0 Å². The highest BCUT2D eigenvalue weighted by atomic mass is 15.1. The number of nitrogens with zero attached hydrogens (tertiary/aromatic N) is 4. The summed E-state index contributed by atoms with van der Waals surface area (Å²) in [7, 11) is 4.27. The second kappa shape index (κ2) is 12.5. The van der Waals surface area contributed by atoms with E-state index >= 15 is 0 Å². The van der Waals surface area contributed by atoms with E-state index in [4.69, 9.17) is 9.97 Å². The van der Waals surface area contributed by atoms with Gasteiger partial charge in [0.05, 0.1) is 22.1 Å². The minimum Gasteiger partial charge on any atom is -0.327 e. The van der Waals surface area contributed by atoms with Crippen LogP contribution in [-0.4, -0.2) is 19.1 Å². The van der Waals surface area contributed by atoms with Crippen molar-refractivity contribution in [3.63, 3.8) is 0 Å². The van der Waals surface area contributed by atoms with Gasteiger partial charge >= 0.3 is 0 Å². The molecule has 0 N–H and O–H groups in total. The van der Waals surface area contributed by atoms with Crippen molar-refractivity contribution in [1.82, 2.24) is 19.1 Å². The van der Waals surface area contributed by atoms with Gasteiger partial charge in [0.25, 0.3) is 0 Å². The van der Waals surface area contributed by atoms with Crippen molar-refractivity contribution >= 4 is 75.9 Å². The molecule has 0 saturated heterocycles. The average molecular weight is 741 g/mol. The monoisotopic (exact) mass is 740 g/mol. The van der Waals surface area contributed by atoms with Gasteiger partial charge in [0.15, 0.2) is 0 Å². The highest BCUT2D eigenvalue weighted by molar-refractivity contribution is 6.25. The molecule has 0 aliphatic carbocycles. The second-order valence-electron chi connectivity index (χ2n) is 15.5. The molecule has 4 heteroatoms. The number of hydrogen-bond acceptors (Lipinski definition) is 2. The molecule has 0 saturated carbocycles. The van der Waals surface area contributed by atoms with Crippen molar-refractivity contribution < 1.29 is 0 Å². The summed E-state index contributed by atoms with van der Waals surface area (Å²) in [6.07, 6.45) is 0. The zero-order valence-electron chi connectivity index (χ0n) is 32.1. The van der Waals surface area contributed by atoms with E-state index in [1.54, 1.807) is 0 Å². The number of aromatic nitrogens is 4. The van der Waals surface area contributed by atoms with E-state index in [1.165, 1.54) is 87.1 Å². The summed E-state index contributed by atoms with van der Waals surface area (Å²) in [5.41, 5.74) is 11.4. The maximum absolute atomic E-state index is 5.27. The summed E-state index contributed by atoms with van der Waals surface area (Å²) in [5.74, 6) is 1.94. The molecule has 0 atom stereocenters. The Kier molecular flexibility index (Phi) is 7.02. The molecule has 0 amide bonds. The Hall–Kier alpha value is -7.56. The number of hydrogen-bond donors (Lipinski definition) is 0. The molecule has 4 nitrogen and oxygen atoms in total. The number of rotatable bonds is 4. The standard InChI is InChI=1S/C54H36N4/c1-57-51-47-19-9-5-15-43(47)41-13-3-7-17-45(41)49(51)55-53(57)35-26-22-33(23-27-35)37-30-31-40-38(32-37)12-11-21-39(40)34-24-28-36(29-25-34)54-56-50-46-18-8-4-14-42(46)44-16-6-10-20-48(44)52(50)58(54)2/h3-32H,1-2H3. The van der Waals surface area contributed by atoms with Gasteiger partial charge in [0.2, 0.25) is 0 Å². The van der Waals surface area contributed by atoms with Crippen LogP contribution in [0.1, 0.15) is 0 Å². The van der Waals surface area contributed by atoms with Crippen molar-refractivity contribution in [2.24, 2.45) is 14.1 Å². The Balaban J connectivity index is 0.880. The lowest BCUT2D eigenvalue weighted by Crippen LogP contribution is -1.93. The average Bonchev–Trinajstić information content (AvgIpc) is 3.83. The summed E-state index contributed by atoms with van der Waals surface area (Å²) in [5, 5.41) is 12.3. The molecule has 0 fully saturated rings. The maximum Gasteiger partial charge on any atom is 0.140 e. The number of fused-ring (bicyclic) bond motifs is 13. The molecule has 0 radical (unpaired) electrons. The molecule has 12 aromatic rings. The molecule has 272 valence electrons. The molecule has 0 aliphatic heterocycles. The van der Waals surface area contributed by atoms with Gasteiger partial charge in [0, 0.05) is 46.8 Å². The lowest BCUT2D eigenvalue weighted by Gasteiger charge is -2.11. The number of imidazole rings is 2. The minimum absolute atomic E-state index is 0.967. The first-order valence-corrected chi connectivity index (χ1v) is 19.9. The van der Waals surface area contributed by atoms with E-state index in [0.29, 0.717) is 0 Å². The first kappa shape index (κ1) is 32.7. The van der Waals surface area contributed by atoms with Crippen molar-refractivity contribution in [3.05, 3.63) is 182 Å². The van der Waals surface area contributed by atoms with Crippen LogP contribution in [0.4, 0.5) is 0 Å². The summed E-state index contributed by atoms with van der Waals surface area (Å²) in [4.78, 5) is 10.5. The van der Waals surface area contributed by atoms with Crippen LogP contribution in [0.3, 0.4) is 0 Å². The van der Waals surface area contributed by atoms with Crippen LogP contribution in [0.5, 0.6) is 0 Å². The van der Waals surface area contributed by atoms with Gasteiger partial charge in [-0.2, -0.15) is 0 Å². The molecule has 58 heavy (non-hydrogen) atoms. The van der Waals surface area contributed by atoms with Gasteiger partial charge in [-0.1, -0.05) is 176 Å². The summed E-state index contributed by atoms with van der Waals surface area (Å²) < 4.78 is 4.51. The second-order valence-corrected chi connectivity index (χ2v) is 15.5. The van der Waals surface area contributed by atoms with E-state index in [9.17, 15) is 0 Å². The Morgan fingerprint density at radius 1 is 0.310 bits per heavy atom. The van der Waals surface area contributed by atoms with E-state index < -0.39 is 0 Å². The van der Waals surface area contributed by atoms with Gasteiger partial charge in [-0.15, -0.1) is 0 Å². The molecular weight excluding hydrogens is 705 g/mol. The van der Waals surface area contributed by atoms with Crippen LogP contribution in [-0.2, 0) is 14.1 Å². The Morgan fingerprint density at radius 2 is 0.707 bits per heavy atom. The van der Waals surface area contributed by atoms with Gasteiger partial charge in [-0.25, -0.2) is 9.97 Å². The molecule has 12 rings (SSSR count). The van der Waals surface area contributed by atoms with Crippen molar-refractivity contribution in [2.45, 2.75) is 0 Å². The third-order valence-corrected chi connectivity index (χ3v) is 12.3. The van der Waals surface area contributed by atoms with E-state index in [1.807, 2.05) is 0 Å². The van der Waals surface area contributed by atoms with Crippen molar-refractivity contribution in [2.75, 3.05) is 0 Å². The number of aryl methyl sites for hydroxylation is 2. The summed E-state index contributed by atoms with van der Waals surface area (Å²) in [6, 6.07) is 65.8. The molecule has 0 bridgehead atoms. The third kappa shape index (κ3) is 4.75. The first-order chi connectivity index (χ1) is 28.6. The van der Waals surface area contributed by atoms with Gasteiger partial charge in [0.1, 0.15) is 11.6 Å². The van der Waals surface area contributed by atoms with Crippen LogP contribution < -0.4 is 0 Å². The first-order valence-electron chi connectivity index (χ1n) is 19.9. The Bertz CT molecular complexity index is 3630.